The van der Waals surface area contributed by atoms with Gasteiger partial charge in [-0.3, -0.25) is 14.3 Å². The van der Waals surface area contributed by atoms with E-state index in [0.717, 1.165) is 42.9 Å². The van der Waals surface area contributed by atoms with Crippen LogP contribution in [0.15, 0.2) is 59.4 Å². The van der Waals surface area contributed by atoms with E-state index in [9.17, 15) is 9.18 Å². The van der Waals surface area contributed by atoms with Crippen molar-refractivity contribution >= 4 is 0 Å². The maximum Gasteiger partial charge on any atom is 0.280 e. The zero-order valence-electron chi connectivity index (χ0n) is 15.5. The molecule has 0 radical (unpaired) electrons. The Balaban J connectivity index is 1.42. The molecule has 142 valence electrons. The molecule has 1 fully saturated rings. The standard InChI is InChI=1S/C22H21FN4O/c23-18-8-4-5-16(13-18)14-26-11-9-22(15-26)10-12-27-20(28)19(24-25-21(22)27)17-6-2-1-3-7-17/h1-8,13H,9-12,14-15H2/t22-/m1/s1. The van der Waals surface area contributed by atoms with Gasteiger partial charge in [0.15, 0.2) is 5.69 Å². The molecule has 1 aromatic heterocycles. The van der Waals surface area contributed by atoms with Crippen LogP contribution in [0.2, 0.25) is 0 Å². The molecule has 2 aromatic carbocycles. The second-order valence-corrected chi connectivity index (χ2v) is 7.82. The Morgan fingerprint density at radius 2 is 1.82 bits per heavy atom. The van der Waals surface area contributed by atoms with Crippen molar-refractivity contribution in [1.82, 2.24) is 19.7 Å². The Kier molecular flexibility index (Phi) is 4.09. The summed E-state index contributed by atoms with van der Waals surface area (Å²) in [4.78, 5) is 15.3. The van der Waals surface area contributed by atoms with Crippen LogP contribution >= 0.6 is 0 Å². The summed E-state index contributed by atoms with van der Waals surface area (Å²) in [6, 6.07) is 16.2. The minimum Gasteiger partial charge on any atom is -0.298 e. The minimum atomic E-state index is -0.205. The molecular formula is C22H21FN4O. The highest BCUT2D eigenvalue weighted by molar-refractivity contribution is 5.57. The summed E-state index contributed by atoms with van der Waals surface area (Å²) < 4.78 is 15.3. The summed E-state index contributed by atoms with van der Waals surface area (Å²) in [7, 11) is 0. The summed E-state index contributed by atoms with van der Waals surface area (Å²) in [6.07, 6.45) is 1.84. The Hall–Kier alpha value is -2.86. The van der Waals surface area contributed by atoms with Crippen molar-refractivity contribution in [3.05, 3.63) is 82.2 Å². The number of rotatable bonds is 3. The van der Waals surface area contributed by atoms with E-state index >= 15 is 0 Å². The Morgan fingerprint density at radius 1 is 1.00 bits per heavy atom. The molecule has 5 nitrogen and oxygen atoms in total. The van der Waals surface area contributed by atoms with Gasteiger partial charge in [0.25, 0.3) is 5.56 Å². The summed E-state index contributed by atoms with van der Waals surface area (Å²) in [6.45, 7) is 3.12. The number of halogens is 1. The van der Waals surface area contributed by atoms with Crippen LogP contribution in [0.4, 0.5) is 4.39 Å². The van der Waals surface area contributed by atoms with Crippen LogP contribution in [-0.2, 0) is 18.5 Å². The Morgan fingerprint density at radius 3 is 2.64 bits per heavy atom. The molecular weight excluding hydrogens is 355 g/mol. The molecule has 0 unspecified atom stereocenters. The first-order valence-corrected chi connectivity index (χ1v) is 9.65. The van der Waals surface area contributed by atoms with Crippen molar-refractivity contribution in [1.29, 1.82) is 0 Å². The van der Waals surface area contributed by atoms with E-state index in [2.05, 4.69) is 15.1 Å². The third-order valence-corrected chi connectivity index (χ3v) is 6.01. The lowest BCUT2D eigenvalue weighted by molar-refractivity contribution is 0.299. The summed E-state index contributed by atoms with van der Waals surface area (Å²) in [5.41, 5.74) is 2.00. The summed E-state index contributed by atoms with van der Waals surface area (Å²) >= 11 is 0. The first-order valence-electron chi connectivity index (χ1n) is 9.65. The highest BCUT2D eigenvalue weighted by Crippen LogP contribution is 2.41. The maximum absolute atomic E-state index is 13.5. The monoisotopic (exact) mass is 376 g/mol. The topological polar surface area (TPSA) is 51.0 Å². The molecule has 0 amide bonds. The highest BCUT2D eigenvalue weighted by atomic mass is 19.1. The lowest BCUT2D eigenvalue weighted by Crippen LogP contribution is -2.33. The third-order valence-electron chi connectivity index (χ3n) is 6.01. The van der Waals surface area contributed by atoms with Gasteiger partial charge in [-0.2, -0.15) is 0 Å². The van der Waals surface area contributed by atoms with Gasteiger partial charge in [0.1, 0.15) is 11.6 Å². The van der Waals surface area contributed by atoms with Gasteiger partial charge in [0.2, 0.25) is 0 Å². The molecule has 1 atom stereocenters. The molecule has 6 heteroatoms. The van der Waals surface area contributed by atoms with Crippen molar-refractivity contribution in [2.24, 2.45) is 0 Å². The second-order valence-electron chi connectivity index (χ2n) is 7.82. The first kappa shape index (κ1) is 17.3. The summed E-state index contributed by atoms with van der Waals surface area (Å²) in [5, 5.41) is 8.82. The van der Waals surface area contributed by atoms with E-state index in [1.807, 2.05) is 36.4 Å². The van der Waals surface area contributed by atoms with Gasteiger partial charge in [-0.05, 0) is 37.1 Å². The largest absolute Gasteiger partial charge is 0.298 e. The predicted molar refractivity (Wildman–Crippen MR) is 104 cm³/mol. The third kappa shape index (κ3) is 2.85. The molecule has 3 heterocycles. The summed E-state index contributed by atoms with van der Waals surface area (Å²) in [5.74, 6) is 0.599. The quantitative estimate of drug-likeness (QED) is 0.705. The van der Waals surface area contributed by atoms with E-state index < -0.39 is 0 Å². The molecule has 0 aliphatic carbocycles. The van der Waals surface area contributed by atoms with Crippen LogP contribution in [0.3, 0.4) is 0 Å². The van der Waals surface area contributed by atoms with E-state index in [1.54, 1.807) is 16.7 Å². The van der Waals surface area contributed by atoms with Crippen LogP contribution in [0.5, 0.6) is 0 Å². The number of fused-ring (bicyclic) bond motifs is 2. The van der Waals surface area contributed by atoms with Gasteiger partial charge < -0.3 is 0 Å². The fourth-order valence-corrected chi connectivity index (χ4v) is 4.61. The predicted octanol–water partition coefficient (Wildman–Crippen LogP) is 2.99. The normalized spacial score (nSPS) is 21.3. The van der Waals surface area contributed by atoms with Crippen molar-refractivity contribution in [3.63, 3.8) is 0 Å². The van der Waals surface area contributed by atoms with Crippen LogP contribution in [0.1, 0.15) is 24.2 Å². The van der Waals surface area contributed by atoms with Gasteiger partial charge >= 0.3 is 0 Å². The smallest absolute Gasteiger partial charge is 0.280 e. The number of benzene rings is 2. The number of nitrogens with zero attached hydrogens (tertiary/aromatic N) is 4. The van der Waals surface area contributed by atoms with Crippen LogP contribution in [-0.4, -0.2) is 32.8 Å². The van der Waals surface area contributed by atoms with Gasteiger partial charge in [-0.1, -0.05) is 42.5 Å². The van der Waals surface area contributed by atoms with E-state index in [0.29, 0.717) is 18.8 Å². The lowest BCUT2D eigenvalue weighted by Gasteiger charge is -2.23. The molecule has 2 aliphatic rings. The van der Waals surface area contributed by atoms with Gasteiger partial charge in [0, 0.05) is 30.6 Å². The van der Waals surface area contributed by atoms with Gasteiger partial charge in [-0.15, -0.1) is 10.2 Å². The average Bonchev–Trinajstić information content (AvgIpc) is 3.28. The molecule has 0 bridgehead atoms. The van der Waals surface area contributed by atoms with Gasteiger partial charge in [0.05, 0.1) is 0 Å². The van der Waals surface area contributed by atoms with Gasteiger partial charge in [-0.25, -0.2) is 4.39 Å². The van der Waals surface area contributed by atoms with E-state index in [4.69, 9.17) is 0 Å². The number of hydrogen-bond acceptors (Lipinski definition) is 4. The molecule has 5 rings (SSSR count). The van der Waals surface area contributed by atoms with Crippen molar-refractivity contribution in [2.75, 3.05) is 13.1 Å². The lowest BCUT2D eigenvalue weighted by atomic mass is 9.85. The second kappa shape index (κ2) is 6.63. The maximum atomic E-state index is 13.5. The molecule has 0 saturated carbocycles. The van der Waals surface area contributed by atoms with E-state index in [-0.39, 0.29) is 16.8 Å². The molecule has 1 saturated heterocycles. The zero-order chi connectivity index (χ0) is 19.1. The first-order chi connectivity index (χ1) is 13.6. The Bertz CT molecular complexity index is 1080. The van der Waals surface area contributed by atoms with Crippen molar-refractivity contribution < 1.29 is 4.39 Å². The number of likely N-dealkylation sites (tertiary alicyclic amines) is 1. The number of hydrogen-bond donors (Lipinski definition) is 0. The fraction of sp³-hybridized carbons (Fsp3) is 0.318. The van der Waals surface area contributed by atoms with Crippen LogP contribution < -0.4 is 5.56 Å². The zero-order valence-corrected chi connectivity index (χ0v) is 15.5. The van der Waals surface area contributed by atoms with Crippen molar-refractivity contribution in [3.8, 4) is 11.3 Å². The van der Waals surface area contributed by atoms with Crippen LogP contribution in [0, 0.1) is 5.82 Å². The molecule has 0 N–H and O–H groups in total. The molecule has 1 spiro atoms. The Labute approximate surface area is 162 Å². The van der Waals surface area contributed by atoms with Crippen molar-refractivity contribution in [2.45, 2.75) is 31.3 Å². The average molecular weight is 376 g/mol. The SMILES string of the molecule is O=c1c(-c2ccccc2)nnc2n1CC[C@@]21CCN(Cc2cccc(F)c2)C1. The number of aromatic nitrogens is 3. The van der Waals surface area contributed by atoms with E-state index in [1.165, 1.54) is 6.07 Å². The fourth-order valence-electron chi connectivity index (χ4n) is 4.61. The van der Waals surface area contributed by atoms with Crippen LogP contribution in [0.25, 0.3) is 11.3 Å². The minimum absolute atomic E-state index is 0.0587. The molecule has 28 heavy (non-hydrogen) atoms. The molecule has 3 aromatic rings. The highest BCUT2D eigenvalue weighted by Gasteiger charge is 2.46. The molecule has 2 aliphatic heterocycles.